The Hall–Kier alpha value is -2.17. The molecule has 5 nitrogen and oxygen atoms in total. The van der Waals surface area contributed by atoms with Gasteiger partial charge in [0.2, 0.25) is 0 Å². The summed E-state index contributed by atoms with van der Waals surface area (Å²) in [4.78, 5) is 4.27. The third kappa shape index (κ3) is 2.40. The minimum atomic E-state index is 0.519. The topological polar surface area (TPSA) is 62.3 Å². The molecule has 2 rings (SSSR count). The number of imidazole rings is 1. The summed E-state index contributed by atoms with van der Waals surface area (Å²) in [5.74, 6) is 1.96. The van der Waals surface area contributed by atoms with Crippen LogP contribution in [0.3, 0.4) is 0 Å². The fourth-order valence-electron chi connectivity index (χ4n) is 1.83. The summed E-state index contributed by atoms with van der Waals surface area (Å²) < 4.78 is 12.3. The fraction of sp³-hybridized carbons (Fsp3) is 0.308. The zero-order chi connectivity index (χ0) is 13.1. The predicted octanol–water partition coefficient (Wildman–Crippen LogP) is 1.61. The number of hydrogen-bond acceptors (Lipinski definition) is 4. The summed E-state index contributed by atoms with van der Waals surface area (Å²) in [5, 5.41) is 0. The zero-order valence-corrected chi connectivity index (χ0v) is 10.8. The van der Waals surface area contributed by atoms with Gasteiger partial charge in [-0.05, 0) is 17.7 Å². The van der Waals surface area contributed by atoms with Gasteiger partial charge in [-0.2, -0.15) is 0 Å². The van der Waals surface area contributed by atoms with E-state index in [4.69, 9.17) is 15.2 Å². The van der Waals surface area contributed by atoms with E-state index < -0.39 is 0 Å². The van der Waals surface area contributed by atoms with Crippen LogP contribution in [0, 0.1) is 0 Å². The first-order chi connectivity index (χ1) is 8.63. The van der Waals surface area contributed by atoms with Gasteiger partial charge in [0, 0.05) is 19.7 Å². The number of aryl methyl sites for hydroxylation is 1. The molecule has 96 valence electrons. The van der Waals surface area contributed by atoms with Gasteiger partial charge in [-0.25, -0.2) is 4.98 Å². The van der Waals surface area contributed by atoms with Crippen LogP contribution in [0.1, 0.15) is 11.3 Å². The highest BCUT2D eigenvalue weighted by atomic mass is 16.5. The molecule has 0 bridgehead atoms. The molecule has 0 aliphatic carbocycles. The Balaban J connectivity index is 2.24. The quantitative estimate of drug-likeness (QED) is 0.891. The molecule has 0 radical (unpaired) electrons. The van der Waals surface area contributed by atoms with Crippen molar-refractivity contribution in [1.82, 2.24) is 9.55 Å². The zero-order valence-electron chi connectivity index (χ0n) is 10.8. The number of nitrogen functional groups attached to an aromatic ring is 1. The second kappa shape index (κ2) is 5.00. The average molecular weight is 247 g/mol. The average Bonchev–Trinajstić information content (AvgIpc) is 2.68. The van der Waals surface area contributed by atoms with E-state index in [9.17, 15) is 0 Å². The van der Waals surface area contributed by atoms with Crippen LogP contribution in [0.4, 0.5) is 5.95 Å². The molecule has 18 heavy (non-hydrogen) atoms. The van der Waals surface area contributed by atoms with Crippen molar-refractivity contribution >= 4 is 5.95 Å². The number of hydrogen-bond donors (Lipinski definition) is 1. The van der Waals surface area contributed by atoms with E-state index >= 15 is 0 Å². The molecule has 1 heterocycles. The molecule has 0 spiro atoms. The molecule has 1 aromatic carbocycles. The van der Waals surface area contributed by atoms with E-state index in [0.29, 0.717) is 12.4 Å². The highest BCUT2D eigenvalue weighted by Gasteiger charge is 2.07. The first kappa shape index (κ1) is 12.3. The van der Waals surface area contributed by atoms with Gasteiger partial charge in [0.15, 0.2) is 17.4 Å². The fourth-order valence-corrected chi connectivity index (χ4v) is 1.83. The molecule has 0 saturated heterocycles. The third-order valence-corrected chi connectivity index (χ3v) is 2.80. The minimum absolute atomic E-state index is 0.519. The lowest BCUT2D eigenvalue weighted by Crippen LogP contribution is -1.95. The first-order valence-corrected chi connectivity index (χ1v) is 5.62. The number of ether oxygens (including phenoxy) is 2. The maximum atomic E-state index is 5.70. The molecule has 0 unspecified atom stereocenters. The SMILES string of the molecule is COc1ccc(Cc2cn(C)c(N)n2)cc1OC. The Bertz CT molecular complexity index is 530. The molecular formula is C13H17N3O2. The lowest BCUT2D eigenvalue weighted by atomic mass is 10.1. The normalized spacial score (nSPS) is 10.4. The number of methoxy groups -OCH3 is 2. The van der Waals surface area contributed by atoms with Crippen molar-refractivity contribution in [1.29, 1.82) is 0 Å². The summed E-state index contributed by atoms with van der Waals surface area (Å²) in [6, 6.07) is 5.83. The van der Waals surface area contributed by atoms with Crippen LogP contribution in [0.5, 0.6) is 11.5 Å². The van der Waals surface area contributed by atoms with Crippen LogP contribution < -0.4 is 15.2 Å². The van der Waals surface area contributed by atoms with Crippen molar-refractivity contribution in [2.45, 2.75) is 6.42 Å². The Kier molecular flexibility index (Phi) is 3.41. The second-order valence-electron chi connectivity index (χ2n) is 4.07. The number of rotatable bonds is 4. The van der Waals surface area contributed by atoms with Gasteiger partial charge in [0.25, 0.3) is 0 Å². The largest absolute Gasteiger partial charge is 0.493 e. The third-order valence-electron chi connectivity index (χ3n) is 2.80. The molecule has 5 heteroatoms. The van der Waals surface area contributed by atoms with Crippen LogP contribution >= 0.6 is 0 Å². The van der Waals surface area contributed by atoms with Gasteiger partial charge in [0.1, 0.15) is 0 Å². The monoisotopic (exact) mass is 247 g/mol. The molecule has 2 N–H and O–H groups in total. The Labute approximate surface area is 106 Å². The molecule has 0 aliphatic rings. The van der Waals surface area contributed by atoms with Gasteiger partial charge in [-0.1, -0.05) is 6.07 Å². The summed E-state index contributed by atoms with van der Waals surface area (Å²) in [6.45, 7) is 0. The number of nitrogens with two attached hydrogens (primary N) is 1. The number of benzene rings is 1. The highest BCUT2D eigenvalue weighted by Crippen LogP contribution is 2.28. The van der Waals surface area contributed by atoms with E-state index in [0.717, 1.165) is 22.8 Å². The summed E-state index contributed by atoms with van der Waals surface area (Å²) >= 11 is 0. The van der Waals surface area contributed by atoms with Crippen molar-refractivity contribution in [2.24, 2.45) is 7.05 Å². The van der Waals surface area contributed by atoms with E-state index in [1.807, 2.05) is 31.4 Å². The Morgan fingerprint density at radius 2 is 1.94 bits per heavy atom. The van der Waals surface area contributed by atoms with Crippen LogP contribution in [-0.2, 0) is 13.5 Å². The number of nitrogens with zero attached hydrogens (tertiary/aromatic N) is 2. The van der Waals surface area contributed by atoms with E-state index in [1.165, 1.54) is 0 Å². The summed E-state index contributed by atoms with van der Waals surface area (Å²) in [5.41, 5.74) is 7.74. The summed E-state index contributed by atoms with van der Waals surface area (Å²) in [6.07, 6.45) is 2.64. The molecule has 0 aliphatic heterocycles. The molecular weight excluding hydrogens is 230 g/mol. The van der Waals surface area contributed by atoms with Gasteiger partial charge in [-0.15, -0.1) is 0 Å². The molecule has 0 saturated carbocycles. The highest BCUT2D eigenvalue weighted by molar-refractivity contribution is 5.44. The van der Waals surface area contributed by atoms with Gasteiger partial charge in [0.05, 0.1) is 19.9 Å². The molecule has 0 amide bonds. The van der Waals surface area contributed by atoms with E-state index in [-0.39, 0.29) is 0 Å². The van der Waals surface area contributed by atoms with Crippen molar-refractivity contribution in [3.63, 3.8) is 0 Å². The van der Waals surface area contributed by atoms with Crippen LogP contribution in [-0.4, -0.2) is 23.8 Å². The van der Waals surface area contributed by atoms with Gasteiger partial charge in [-0.3, -0.25) is 0 Å². The first-order valence-electron chi connectivity index (χ1n) is 5.62. The van der Waals surface area contributed by atoms with Crippen molar-refractivity contribution in [2.75, 3.05) is 20.0 Å². The standard InChI is InChI=1S/C13H17N3O2/c1-16-8-10(15-13(16)14)6-9-4-5-11(17-2)12(7-9)18-3/h4-5,7-8H,6H2,1-3H3,(H2,14,15). The maximum Gasteiger partial charge on any atom is 0.200 e. The molecule has 0 fully saturated rings. The van der Waals surface area contributed by atoms with Crippen molar-refractivity contribution in [3.8, 4) is 11.5 Å². The molecule has 2 aromatic rings. The lowest BCUT2D eigenvalue weighted by molar-refractivity contribution is 0.354. The maximum absolute atomic E-state index is 5.70. The smallest absolute Gasteiger partial charge is 0.200 e. The van der Waals surface area contributed by atoms with Crippen LogP contribution in [0.2, 0.25) is 0 Å². The van der Waals surface area contributed by atoms with Gasteiger partial charge >= 0.3 is 0 Å². The Morgan fingerprint density at radius 1 is 1.22 bits per heavy atom. The second-order valence-corrected chi connectivity index (χ2v) is 4.07. The molecule has 1 aromatic heterocycles. The van der Waals surface area contributed by atoms with Crippen LogP contribution in [0.25, 0.3) is 0 Å². The lowest BCUT2D eigenvalue weighted by Gasteiger charge is -2.08. The number of anilines is 1. The predicted molar refractivity (Wildman–Crippen MR) is 70.0 cm³/mol. The van der Waals surface area contributed by atoms with Gasteiger partial charge < -0.3 is 19.8 Å². The van der Waals surface area contributed by atoms with Crippen molar-refractivity contribution < 1.29 is 9.47 Å². The number of aromatic nitrogens is 2. The molecule has 0 atom stereocenters. The summed E-state index contributed by atoms with van der Waals surface area (Å²) in [7, 11) is 5.12. The van der Waals surface area contributed by atoms with Crippen LogP contribution in [0.15, 0.2) is 24.4 Å². The Morgan fingerprint density at radius 3 is 2.50 bits per heavy atom. The van der Waals surface area contributed by atoms with E-state index in [2.05, 4.69) is 4.98 Å². The minimum Gasteiger partial charge on any atom is -0.493 e. The van der Waals surface area contributed by atoms with Crippen molar-refractivity contribution in [3.05, 3.63) is 35.7 Å². The van der Waals surface area contributed by atoms with E-state index in [1.54, 1.807) is 18.8 Å².